The molecule has 1 aromatic rings. The molecule has 0 bridgehead atoms. The molecule has 0 saturated carbocycles. The molecule has 1 rings (SSSR count). The summed E-state index contributed by atoms with van der Waals surface area (Å²) in [5.74, 6) is 0.205. The second-order valence-corrected chi connectivity index (χ2v) is 2.77. The number of phenols is 1. The van der Waals surface area contributed by atoms with Crippen molar-refractivity contribution < 1.29 is 5.11 Å². The van der Waals surface area contributed by atoms with Crippen molar-refractivity contribution in [3.05, 3.63) is 28.8 Å². The number of aromatic hydroxyl groups is 1. The van der Waals surface area contributed by atoms with Gasteiger partial charge in [0.2, 0.25) is 0 Å². The van der Waals surface area contributed by atoms with Crippen molar-refractivity contribution in [1.29, 1.82) is 0 Å². The Morgan fingerprint density at radius 2 is 2.33 bits per heavy atom. The van der Waals surface area contributed by atoms with Crippen molar-refractivity contribution in [2.24, 2.45) is 4.99 Å². The van der Waals surface area contributed by atoms with Crippen molar-refractivity contribution in [2.75, 3.05) is 6.54 Å². The van der Waals surface area contributed by atoms with Gasteiger partial charge in [-0.05, 0) is 25.1 Å². The predicted octanol–water partition coefficient (Wildman–Crippen LogP) is 2.48. The standard InChI is InChI=1S/C9H10ClNO/c1-2-11-6-7-5-8(10)3-4-9(7)12/h3-6,12H,2H2,1H3. The molecule has 0 saturated heterocycles. The Morgan fingerprint density at radius 3 is 3.00 bits per heavy atom. The van der Waals surface area contributed by atoms with Crippen LogP contribution in [0.25, 0.3) is 0 Å². The molecule has 0 radical (unpaired) electrons. The van der Waals surface area contributed by atoms with Crippen LogP contribution >= 0.6 is 11.6 Å². The molecule has 64 valence electrons. The minimum atomic E-state index is 0.205. The third-order valence-corrected chi connectivity index (χ3v) is 1.64. The monoisotopic (exact) mass is 183 g/mol. The van der Waals surface area contributed by atoms with Gasteiger partial charge in [0.15, 0.2) is 0 Å². The maximum Gasteiger partial charge on any atom is 0.124 e. The van der Waals surface area contributed by atoms with Crippen molar-refractivity contribution >= 4 is 17.8 Å². The predicted molar refractivity (Wildman–Crippen MR) is 51.3 cm³/mol. The van der Waals surface area contributed by atoms with Crippen LogP contribution in [-0.2, 0) is 0 Å². The van der Waals surface area contributed by atoms with E-state index in [1.165, 1.54) is 0 Å². The molecule has 3 heteroatoms. The van der Waals surface area contributed by atoms with Gasteiger partial charge in [0, 0.05) is 23.3 Å². The number of hydrogen-bond acceptors (Lipinski definition) is 2. The molecule has 0 fully saturated rings. The molecule has 0 spiro atoms. The van der Waals surface area contributed by atoms with E-state index in [1.54, 1.807) is 24.4 Å². The lowest BCUT2D eigenvalue weighted by molar-refractivity contribution is 0.474. The van der Waals surface area contributed by atoms with Gasteiger partial charge in [0.05, 0.1) is 0 Å². The summed E-state index contributed by atoms with van der Waals surface area (Å²) in [7, 11) is 0. The first-order valence-electron chi connectivity index (χ1n) is 3.72. The van der Waals surface area contributed by atoms with E-state index < -0.39 is 0 Å². The molecule has 12 heavy (non-hydrogen) atoms. The molecular formula is C9H10ClNO. The van der Waals surface area contributed by atoms with Crippen LogP contribution in [0, 0.1) is 0 Å². The summed E-state index contributed by atoms with van der Waals surface area (Å²) in [6.07, 6.45) is 1.61. The number of aliphatic imine (C=N–C) groups is 1. The smallest absolute Gasteiger partial charge is 0.124 e. The van der Waals surface area contributed by atoms with Crippen molar-refractivity contribution in [1.82, 2.24) is 0 Å². The molecule has 0 aromatic heterocycles. The molecule has 1 aromatic carbocycles. The minimum Gasteiger partial charge on any atom is -0.507 e. The maximum atomic E-state index is 9.31. The molecule has 0 unspecified atom stereocenters. The van der Waals surface area contributed by atoms with E-state index in [2.05, 4.69) is 4.99 Å². The highest BCUT2D eigenvalue weighted by molar-refractivity contribution is 6.30. The fourth-order valence-electron chi connectivity index (χ4n) is 0.818. The zero-order valence-electron chi connectivity index (χ0n) is 6.79. The summed E-state index contributed by atoms with van der Waals surface area (Å²) in [5, 5.41) is 9.91. The van der Waals surface area contributed by atoms with E-state index in [0.717, 1.165) is 0 Å². The lowest BCUT2D eigenvalue weighted by Crippen LogP contribution is -1.83. The van der Waals surface area contributed by atoms with Crippen LogP contribution < -0.4 is 0 Å². The Balaban J connectivity index is 2.97. The second-order valence-electron chi connectivity index (χ2n) is 2.33. The summed E-state index contributed by atoms with van der Waals surface area (Å²) in [6.45, 7) is 2.63. The first-order chi connectivity index (χ1) is 5.74. The van der Waals surface area contributed by atoms with E-state index in [4.69, 9.17) is 11.6 Å². The topological polar surface area (TPSA) is 32.6 Å². The van der Waals surface area contributed by atoms with Gasteiger partial charge in [-0.2, -0.15) is 0 Å². The van der Waals surface area contributed by atoms with Gasteiger partial charge in [-0.3, -0.25) is 4.99 Å². The van der Waals surface area contributed by atoms with Crippen molar-refractivity contribution in [3.63, 3.8) is 0 Å². The summed E-state index contributed by atoms with van der Waals surface area (Å²) in [5.41, 5.74) is 0.657. The fourth-order valence-corrected chi connectivity index (χ4v) is 0.999. The highest BCUT2D eigenvalue weighted by Crippen LogP contribution is 2.19. The Hall–Kier alpha value is -1.02. The quantitative estimate of drug-likeness (QED) is 0.702. The van der Waals surface area contributed by atoms with E-state index in [9.17, 15) is 5.11 Å². The van der Waals surface area contributed by atoms with Crippen LogP contribution in [0.1, 0.15) is 12.5 Å². The summed E-state index contributed by atoms with van der Waals surface area (Å²) in [6, 6.07) is 4.87. The van der Waals surface area contributed by atoms with Gasteiger partial charge in [0.1, 0.15) is 5.75 Å². The number of benzene rings is 1. The SMILES string of the molecule is CCN=Cc1cc(Cl)ccc1O. The molecule has 0 heterocycles. The maximum absolute atomic E-state index is 9.31. The van der Waals surface area contributed by atoms with Gasteiger partial charge in [0.25, 0.3) is 0 Å². The average Bonchev–Trinajstić information content (AvgIpc) is 2.07. The van der Waals surface area contributed by atoms with E-state index in [0.29, 0.717) is 17.1 Å². The van der Waals surface area contributed by atoms with E-state index in [-0.39, 0.29) is 5.75 Å². The molecule has 0 aliphatic rings. The number of phenolic OH excluding ortho intramolecular Hbond substituents is 1. The Kier molecular flexibility index (Phi) is 3.11. The number of nitrogens with zero attached hydrogens (tertiary/aromatic N) is 1. The Bertz CT molecular complexity index is 297. The molecule has 1 N–H and O–H groups in total. The lowest BCUT2D eigenvalue weighted by Gasteiger charge is -1.97. The average molecular weight is 184 g/mol. The first kappa shape index (κ1) is 9.07. The van der Waals surface area contributed by atoms with Crippen LogP contribution in [0.2, 0.25) is 5.02 Å². The molecule has 2 nitrogen and oxygen atoms in total. The van der Waals surface area contributed by atoms with Gasteiger partial charge >= 0.3 is 0 Å². The normalized spacial score (nSPS) is 10.8. The van der Waals surface area contributed by atoms with Crippen LogP contribution in [0.5, 0.6) is 5.75 Å². The van der Waals surface area contributed by atoms with E-state index in [1.807, 2.05) is 6.92 Å². The highest BCUT2D eigenvalue weighted by Gasteiger charge is 1.97. The largest absolute Gasteiger partial charge is 0.507 e. The zero-order valence-corrected chi connectivity index (χ0v) is 7.54. The Labute approximate surface area is 76.5 Å². The third kappa shape index (κ3) is 2.24. The summed E-state index contributed by atoms with van der Waals surface area (Å²) < 4.78 is 0. The molecular weight excluding hydrogens is 174 g/mol. The summed E-state index contributed by atoms with van der Waals surface area (Å²) in [4.78, 5) is 4.00. The van der Waals surface area contributed by atoms with Crippen LogP contribution in [0.3, 0.4) is 0 Å². The lowest BCUT2D eigenvalue weighted by atomic mass is 10.2. The second kappa shape index (κ2) is 4.12. The number of rotatable bonds is 2. The highest BCUT2D eigenvalue weighted by atomic mass is 35.5. The van der Waals surface area contributed by atoms with Gasteiger partial charge in [-0.25, -0.2) is 0 Å². The van der Waals surface area contributed by atoms with Crippen LogP contribution in [-0.4, -0.2) is 17.9 Å². The Morgan fingerprint density at radius 1 is 1.58 bits per heavy atom. The van der Waals surface area contributed by atoms with Crippen molar-refractivity contribution in [3.8, 4) is 5.75 Å². The number of halogens is 1. The van der Waals surface area contributed by atoms with Crippen molar-refractivity contribution in [2.45, 2.75) is 6.92 Å². The minimum absolute atomic E-state index is 0.205. The van der Waals surface area contributed by atoms with Crippen LogP contribution in [0.4, 0.5) is 0 Å². The summed E-state index contributed by atoms with van der Waals surface area (Å²) >= 11 is 5.72. The number of hydrogen-bond donors (Lipinski definition) is 1. The van der Waals surface area contributed by atoms with Crippen LogP contribution in [0.15, 0.2) is 23.2 Å². The first-order valence-corrected chi connectivity index (χ1v) is 4.10. The molecule has 0 atom stereocenters. The fraction of sp³-hybridized carbons (Fsp3) is 0.222. The van der Waals surface area contributed by atoms with Gasteiger partial charge in [-0.1, -0.05) is 11.6 Å². The van der Waals surface area contributed by atoms with Gasteiger partial charge in [-0.15, -0.1) is 0 Å². The molecule has 0 aliphatic carbocycles. The van der Waals surface area contributed by atoms with E-state index >= 15 is 0 Å². The third-order valence-electron chi connectivity index (χ3n) is 1.40. The molecule has 0 aliphatic heterocycles. The zero-order chi connectivity index (χ0) is 8.97. The van der Waals surface area contributed by atoms with Gasteiger partial charge < -0.3 is 5.11 Å². The molecule has 0 amide bonds.